The number of anilines is 2. The van der Waals surface area contributed by atoms with Gasteiger partial charge in [-0.05, 0) is 6.07 Å². The molecule has 0 fully saturated rings. The first-order valence-electron chi connectivity index (χ1n) is 7.82. The molecule has 0 heterocycles. The van der Waals surface area contributed by atoms with Crippen molar-refractivity contribution in [2.24, 2.45) is 0 Å². The highest BCUT2D eigenvalue weighted by molar-refractivity contribution is 6.07. The topological polar surface area (TPSA) is 205 Å². The molecule has 2 aromatic rings. The molecule has 30 heavy (non-hydrogen) atoms. The van der Waals surface area contributed by atoms with E-state index in [0.717, 1.165) is 29.2 Å². The number of hydrogen-bond acceptors (Lipinski definition) is 10. The number of nitro benzene ring substituents is 4. The highest BCUT2D eigenvalue weighted by atomic mass is 16.6. The zero-order valence-corrected chi connectivity index (χ0v) is 15.3. The number of nitro groups is 4. The Morgan fingerprint density at radius 1 is 0.800 bits per heavy atom. The number of carbonyl (C=O) groups excluding carboxylic acids is 1. The monoisotopic (exact) mass is 420 g/mol. The first kappa shape index (κ1) is 21.6. The Morgan fingerprint density at radius 2 is 1.30 bits per heavy atom. The lowest BCUT2D eigenvalue weighted by Gasteiger charge is -2.14. The SMILES string of the molecule is CN(C)c1c([N+](=O)[O-])cc(C(=O)Nc2ccc([N+](=O)[O-])cc2[N+](=O)[O-])cc1[N+](=O)[O-]. The third kappa shape index (κ3) is 4.24. The Bertz CT molecular complexity index is 1060. The maximum absolute atomic E-state index is 12.5. The van der Waals surface area contributed by atoms with E-state index in [2.05, 4.69) is 5.32 Å². The molecule has 1 N–H and O–H groups in total. The highest BCUT2D eigenvalue weighted by Gasteiger charge is 2.30. The van der Waals surface area contributed by atoms with E-state index >= 15 is 0 Å². The molecule has 156 valence electrons. The van der Waals surface area contributed by atoms with Crippen LogP contribution in [0.5, 0.6) is 0 Å². The molecule has 0 radical (unpaired) electrons. The molecule has 0 saturated carbocycles. The van der Waals surface area contributed by atoms with Crippen molar-refractivity contribution in [1.29, 1.82) is 0 Å². The lowest BCUT2D eigenvalue weighted by molar-refractivity contribution is -0.393. The summed E-state index contributed by atoms with van der Waals surface area (Å²) in [5, 5.41) is 46.7. The zero-order valence-electron chi connectivity index (χ0n) is 15.3. The third-order valence-corrected chi connectivity index (χ3v) is 3.81. The molecule has 0 spiro atoms. The normalized spacial score (nSPS) is 10.2. The predicted molar refractivity (Wildman–Crippen MR) is 102 cm³/mol. The minimum atomic E-state index is -1.12. The minimum Gasteiger partial charge on any atom is -0.366 e. The number of hydrogen-bond donors (Lipinski definition) is 1. The van der Waals surface area contributed by atoms with E-state index in [9.17, 15) is 45.3 Å². The van der Waals surface area contributed by atoms with Gasteiger partial charge in [0.15, 0.2) is 5.69 Å². The van der Waals surface area contributed by atoms with Crippen LogP contribution >= 0.6 is 0 Å². The molecule has 1 amide bonds. The van der Waals surface area contributed by atoms with Crippen molar-refractivity contribution in [1.82, 2.24) is 0 Å². The number of benzene rings is 2. The predicted octanol–water partition coefficient (Wildman–Crippen LogP) is 2.64. The lowest BCUT2D eigenvalue weighted by Crippen LogP contribution is -2.17. The summed E-state index contributed by atoms with van der Waals surface area (Å²) in [5.41, 5.74) is -4.13. The Morgan fingerprint density at radius 3 is 1.70 bits per heavy atom. The van der Waals surface area contributed by atoms with Crippen molar-refractivity contribution < 1.29 is 24.5 Å². The van der Waals surface area contributed by atoms with Crippen molar-refractivity contribution in [3.8, 4) is 0 Å². The fraction of sp³-hybridized carbons (Fsp3) is 0.133. The van der Waals surface area contributed by atoms with E-state index in [1.807, 2.05) is 0 Å². The van der Waals surface area contributed by atoms with Crippen molar-refractivity contribution >= 4 is 40.0 Å². The van der Waals surface area contributed by atoms with Crippen LogP contribution in [0.4, 0.5) is 34.1 Å². The van der Waals surface area contributed by atoms with Crippen molar-refractivity contribution in [3.63, 3.8) is 0 Å². The largest absolute Gasteiger partial charge is 0.366 e. The molecule has 0 saturated heterocycles. The number of amides is 1. The van der Waals surface area contributed by atoms with Gasteiger partial charge < -0.3 is 10.2 Å². The number of rotatable bonds is 7. The molecule has 15 heteroatoms. The van der Waals surface area contributed by atoms with E-state index in [0.29, 0.717) is 6.07 Å². The molecule has 0 bridgehead atoms. The van der Waals surface area contributed by atoms with Crippen LogP contribution in [0.2, 0.25) is 0 Å². The summed E-state index contributed by atoms with van der Waals surface area (Å²) in [6, 6.07) is 4.01. The third-order valence-electron chi connectivity index (χ3n) is 3.81. The second-order valence-electron chi connectivity index (χ2n) is 5.94. The standard InChI is InChI=1S/C15H12N6O9/c1-17(2)14-12(20(27)28)5-8(6-13(14)21(29)30)15(22)16-10-4-3-9(18(23)24)7-11(10)19(25)26/h3-7H,1-2H3,(H,16,22). The van der Waals surface area contributed by atoms with Gasteiger partial charge in [-0.3, -0.25) is 45.3 Å². The van der Waals surface area contributed by atoms with Gasteiger partial charge in [0.25, 0.3) is 28.7 Å². The van der Waals surface area contributed by atoms with Gasteiger partial charge in [-0.15, -0.1) is 0 Å². The zero-order chi connectivity index (χ0) is 22.7. The molecule has 15 nitrogen and oxygen atoms in total. The number of carbonyl (C=O) groups is 1. The van der Waals surface area contributed by atoms with Gasteiger partial charge in [0.1, 0.15) is 5.69 Å². The summed E-state index contributed by atoms with van der Waals surface area (Å²) in [4.78, 5) is 54.6. The summed E-state index contributed by atoms with van der Waals surface area (Å²) < 4.78 is 0. The van der Waals surface area contributed by atoms with Crippen LogP contribution in [0.25, 0.3) is 0 Å². The molecule has 0 unspecified atom stereocenters. The molecule has 0 aliphatic rings. The van der Waals surface area contributed by atoms with Crippen LogP contribution in [0.3, 0.4) is 0 Å². The summed E-state index contributed by atoms with van der Waals surface area (Å²) in [6.07, 6.45) is 0. The molecule has 2 rings (SSSR count). The van der Waals surface area contributed by atoms with E-state index in [1.165, 1.54) is 14.1 Å². The van der Waals surface area contributed by atoms with Crippen molar-refractivity contribution in [2.75, 3.05) is 24.3 Å². The fourth-order valence-electron chi connectivity index (χ4n) is 2.56. The van der Waals surface area contributed by atoms with Gasteiger partial charge >= 0.3 is 0 Å². The second kappa shape index (κ2) is 8.13. The highest BCUT2D eigenvalue weighted by Crippen LogP contribution is 2.38. The van der Waals surface area contributed by atoms with Crippen LogP contribution in [0.15, 0.2) is 30.3 Å². The molecule has 2 aromatic carbocycles. The lowest BCUT2D eigenvalue weighted by atomic mass is 10.1. The summed E-state index contributed by atoms with van der Waals surface area (Å²) in [6.45, 7) is 0. The first-order valence-corrected chi connectivity index (χ1v) is 7.82. The van der Waals surface area contributed by atoms with Crippen LogP contribution in [0.1, 0.15) is 10.4 Å². The minimum absolute atomic E-state index is 0.345. The van der Waals surface area contributed by atoms with Crippen molar-refractivity contribution in [2.45, 2.75) is 0 Å². The first-order chi connectivity index (χ1) is 13.9. The van der Waals surface area contributed by atoms with Gasteiger partial charge in [0.05, 0.1) is 31.3 Å². The van der Waals surface area contributed by atoms with Crippen LogP contribution in [-0.4, -0.2) is 39.7 Å². The average molecular weight is 420 g/mol. The summed E-state index contributed by atoms with van der Waals surface area (Å²) in [5.74, 6) is -1.12. The van der Waals surface area contributed by atoms with Gasteiger partial charge in [-0.2, -0.15) is 0 Å². The van der Waals surface area contributed by atoms with E-state index in [1.54, 1.807) is 0 Å². The summed E-state index contributed by atoms with van der Waals surface area (Å²) in [7, 11) is 2.69. The number of non-ortho nitro benzene ring substituents is 1. The van der Waals surface area contributed by atoms with E-state index in [4.69, 9.17) is 0 Å². The smallest absolute Gasteiger partial charge is 0.300 e. The van der Waals surface area contributed by atoms with Crippen LogP contribution in [0, 0.1) is 40.5 Å². The van der Waals surface area contributed by atoms with Crippen LogP contribution < -0.4 is 10.2 Å². The fourth-order valence-corrected chi connectivity index (χ4v) is 2.56. The quantitative estimate of drug-likeness (QED) is 0.511. The van der Waals surface area contributed by atoms with Gasteiger partial charge in [0, 0.05) is 32.3 Å². The molecular formula is C15H12N6O9. The van der Waals surface area contributed by atoms with Gasteiger partial charge in [-0.1, -0.05) is 0 Å². The Balaban J connectivity index is 2.57. The maximum Gasteiger partial charge on any atom is 0.300 e. The van der Waals surface area contributed by atoms with Crippen LogP contribution in [-0.2, 0) is 0 Å². The number of nitrogens with zero attached hydrogens (tertiary/aromatic N) is 5. The van der Waals surface area contributed by atoms with Crippen molar-refractivity contribution in [3.05, 3.63) is 76.4 Å². The Hall–Kier alpha value is -4.69. The molecular weight excluding hydrogens is 408 g/mol. The molecule has 0 aliphatic heterocycles. The Labute approximate surface area is 166 Å². The van der Waals surface area contributed by atoms with E-state index in [-0.39, 0.29) is 5.69 Å². The number of nitrogens with one attached hydrogen (secondary N) is 1. The molecule has 0 aliphatic carbocycles. The maximum atomic E-state index is 12.5. The summed E-state index contributed by atoms with van der Waals surface area (Å²) >= 11 is 0. The van der Waals surface area contributed by atoms with Gasteiger partial charge in [0.2, 0.25) is 0 Å². The van der Waals surface area contributed by atoms with Gasteiger partial charge in [-0.25, -0.2) is 0 Å². The van der Waals surface area contributed by atoms with E-state index < -0.39 is 59.6 Å². The Kier molecular flexibility index (Phi) is 5.86. The molecule has 0 aromatic heterocycles. The second-order valence-corrected chi connectivity index (χ2v) is 5.94. The average Bonchev–Trinajstić information content (AvgIpc) is 2.66. The molecule has 0 atom stereocenters.